The first-order chi connectivity index (χ1) is 7.34. The van der Waals surface area contributed by atoms with Gasteiger partial charge in [-0.3, -0.25) is 9.69 Å². The Morgan fingerprint density at radius 1 is 1.56 bits per heavy atom. The number of Topliss-reactive ketones (excluding diaryl/α,β-unsaturated/α-hetero) is 1. The van der Waals surface area contributed by atoms with Gasteiger partial charge in [0, 0.05) is 13.5 Å². The SMILES string of the molecule is CC(=O)CC1NC(=O)N(C)C(C(=O)O)=C1Cl. The number of carbonyl (C=O) groups is 3. The maximum atomic E-state index is 11.4. The van der Waals surface area contributed by atoms with E-state index in [2.05, 4.69) is 5.32 Å². The highest BCUT2D eigenvalue weighted by Crippen LogP contribution is 2.24. The fraction of sp³-hybridized carbons (Fsp3) is 0.444. The minimum absolute atomic E-state index is 0.0187. The number of hydrogen-bond acceptors (Lipinski definition) is 3. The lowest BCUT2D eigenvalue weighted by molar-refractivity contribution is -0.134. The maximum Gasteiger partial charge on any atom is 0.353 e. The van der Waals surface area contributed by atoms with E-state index in [-0.39, 0.29) is 22.9 Å². The lowest BCUT2D eigenvalue weighted by Crippen LogP contribution is -2.50. The first-order valence-corrected chi connectivity index (χ1v) is 4.89. The average molecular weight is 247 g/mol. The fourth-order valence-electron chi connectivity index (χ4n) is 1.41. The highest BCUT2D eigenvalue weighted by Gasteiger charge is 2.34. The molecule has 0 fully saturated rings. The third-order valence-corrected chi connectivity index (χ3v) is 2.61. The number of urea groups is 1. The Labute approximate surface area is 96.9 Å². The molecule has 0 aromatic carbocycles. The molecule has 0 saturated carbocycles. The molecule has 2 N–H and O–H groups in total. The summed E-state index contributed by atoms with van der Waals surface area (Å²) in [6.45, 7) is 1.34. The smallest absolute Gasteiger partial charge is 0.353 e. The second-order valence-electron chi connectivity index (χ2n) is 3.47. The van der Waals surface area contributed by atoms with Crippen LogP contribution in [0.1, 0.15) is 13.3 Å². The van der Waals surface area contributed by atoms with Gasteiger partial charge in [0.05, 0.1) is 11.1 Å². The van der Waals surface area contributed by atoms with E-state index in [9.17, 15) is 14.4 Å². The Hall–Kier alpha value is -1.56. The molecule has 0 saturated heterocycles. The van der Waals surface area contributed by atoms with E-state index in [0.717, 1.165) is 4.90 Å². The van der Waals surface area contributed by atoms with Crippen molar-refractivity contribution in [2.24, 2.45) is 0 Å². The zero-order valence-electron chi connectivity index (χ0n) is 8.78. The van der Waals surface area contributed by atoms with Crippen molar-refractivity contribution in [2.75, 3.05) is 7.05 Å². The summed E-state index contributed by atoms with van der Waals surface area (Å²) < 4.78 is 0. The predicted molar refractivity (Wildman–Crippen MR) is 55.9 cm³/mol. The molecule has 0 aromatic rings. The molecule has 88 valence electrons. The lowest BCUT2D eigenvalue weighted by atomic mass is 10.1. The number of aliphatic carboxylic acids is 1. The highest BCUT2D eigenvalue weighted by atomic mass is 35.5. The molecule has 1 rings (SSSR count). The van der Waals surface area contributed by atoms with Crippen molar-refractivity contribution in [1.29, 1.82) is 0 Å². The molecule has 0 aliphatic carbocycles. The zero-order valence-corrected chi connectivity index (χ0v) is 9.54. The molecule has 16 heavy (non-hydrogen) atoms. The molecule has 2 amide bonds. The fourth-order valence-corrected chi connectivity index (χ4v) is 1.75. The van der Waals surface area contributed by atoms with E-state index in [1.165, 1.54) is 14.0 Å². The van der Waals surface area contributed by atoms with Crippen LogP contribution < -0.4 is 5.32 Å². The summed E-state index contributed by atoms with van der Waals surface area (Å²) in [5, 5.41) is 11.3. The number of amides is 2. The Balaban J connectivity index is 3.11. The minimum Gasteiger partial charge on any atom is -0.477 e. The topological polar surface area (TPSA) is 86.7 Å². The van der Waals surface area contributed by atoms with Gasteiger partial charge >= 0.3 is 12.0 Å². The van der Waals surface area contributed by atoms with E-state index in [1.807, 2.05) is 0 Å². The second-order valence-corrected chi connectivity index (χ2v) is 3.88. The van der Waals surface area contributed by atoms with E-state index in [0.29, 0.717) is 0 Å². The van der Waals surface area contributed by atoms with Gasteiger partial charge in [-0.25, -0.2) is 9.59 Å². The largest absolute Gasteiger partial charge is 0.477 e. The number of carbonyl (C=O) groups excluding carboxylic acids is 2. The molecular weight excluding hydrogens is 236 g/mol. The van der Waals surface area contributed by atoms with Gasteiger partial charge in [-0.1, -0.05) is 11.6 Å². The van der Waals surface area contributed by atoms with Gasteiger partial charge in [0.2, 0.25) is 0 Å². The molecule has 0 aromatic heterocycles. The van der Waals surface area contributed by atoms with Gasteiger partial charge in [-0.05, 0) is 6.92 Å². The molecule has 1 atom stereocenters. The maximum absolute atomic E-state index is 11.4. The number of halogens is 1. The molecule has 1 aliphatic heterocycles. The molecule has 0 bridgehead atoms. The molecular formula is C9H11ClN2O4. The number of carboxylic acid groups (broad SMARTS) is 1. The zero-order chi connectivity index (χ0) is 12.5. The molecule has 1 aliphatic rings. The Bertz CT molecular complexity index is 391. The van der Waals surface area contributed by atoms with Crippen LogP contribution >= 0.6 is 11.6 Å². The summed E-state index contributed by atoms with van der Waals surface area (Å²) in [4.78, 5) is 34.1. The van der Waals surface area contributed by atoms with Crippen molar-refractivity contribution < 1.29 is 19.5 Å². The quantitative estimate of drug-likeness (QED) is 0.760. The van der Waals surface area contributed by atoms with Crippen LogP contribution in [0.2, 0.25) is 0 Å². The molecule has 1 unspecified atom stereocenters. The minimum atomic E-state index is -1.30. The number of likely N-dealkylation sites (N-methyl/N-ethyl adjacent to an activating group) is 1. The third-order valence-electron chi connectivity index (χ3n) is 2.16. The number of nitrogens with one attached hydrogen (secondary N) is 1. The van der Waals surface area contributed by atoms with Crippen molar-refractivity contribution in [2.45, 2.75) is 19.4 Å². The van der Waals surface area contributed by atoms with Crippen LogP contribution in [0.15, 0.2) is 10.7 Å². The van der Waals surface area contributed by atoms with Crippen molar-refractivity contribution >= 4 is 29.4 Å². The highest BCUT2D eigenvalue weighted by molar-refractivity contribution is 6.33. The van der Waals surface area contributed by atoms with Crippen LogP contribution in [0.25, 0.3) is 0 Å². The van der Waals surface area contributed by atoms with Crippen LogP contribution in [0.3, 0.4) is 0 Å². The number of hydrogen-bond donors (Lipinski definition) is 2. The van der Waals surface area contributed by atoms with E-state index < -0.39 is 18.0 Å². The Kier molecular flexibility index (Phi) is 3.54. The molecule has 6 nitrogen and oxygen atoms in total. The summed E-state index contributed by atoms with van der Waals surface area (Å²) in [7, 11) is 1.30. The molecule has 0 radical (unpaired) electrons. The lowest BCUT2D eigenvalue weighted by Gasteiger charge is -2.30. The Morgan fingerprint density at radius 2 is 2.12 bits per heavy atom. The first-order valence-electron chi connectivity index (χ1n) is 4.51. The summed E-state index contributed by atoms with van der Waals surface area (Å²) >= 11 is 5.84. The van der Waals surface area contributed by atoms with E-state index in [4.69, 9.17) is 16.7 Å². The number of carboxylic acids is 1. The van der Waals surface area contributed by atoms with Crippen LogP contribution in [-0.4, -0.2) is 40.9 Å². The van der Waals surface area contributed by atoms with Gasteiger partial charge in [0.25, 0.3) is 0 Å². The number of ketones is 1. The predicted octanol–water partition coefficient (Wildman–Crippen LogP) is 0.524. The van der Waals surface area contributed by atoms with Crippen LogP contribution in [0, 0.1) is 0 Å². The first kappa shape index (κ1) is 12.5. The van der Waals surface area contributed by atoms with Gasteiger partial charge in [-0.15, -0.1) is 0 Å². The van der Waals surface area contributed by atoms with Crippen molar-refractivity contribution in [3.05, 3.63) is 10.7 Å². The van der Waals surface area contributed by atoms with Crippen molar-refractivity contribution in [3.63, 3.8) is 0 Å². The van der Waals surface area contributed by atoms with Crippen LogP contribution in [0.4, 0.5) is 4.79 Å². The van der Waals surface area contributed by atoms with Crippen LogP contribution in [0.5, 0.6) is 0 Å². The second kappa shape index (κ2) is 4.52. The standard InChI is InChI=1S/C9H11ClN2O4/c1-4(13)3-5-6(10)7(8(14)15)12(2)9(16)11-5/h5H,3H2,1-2H3,(H,11,16)(H,14,15). The molecule has 0 spiro atoms. The third kappa shape index (κ3) is 2.33. The summed E-state index contributed by atoms with van der Waals surface area (Å²) in [5.74, 6) is -1.48. The number of rotatable bonds is 3. The normalized spacial score (nSPS) is 20.8. The monoisotopic (exact) mass is 246 g/mol. The molecule has 1 heterocycles. The van der Waals surface area contributed by atoms with Gasteiger partial charge in [0.15, 0.2) is 0 Å². The summed E-state index contributed by atoms with van der Waals surface area (Å²) in [6, 6.07) is -1.35. The average Bonchev–Trinajstić information content (AvgIpc) is 2.13. The number of nitrogens with zero attached hydrogens (tertiary/aromatic N) is 1. The van der Waals surface area contributed by atoms with E-state index in [1.54, 1.807) is 0 Å². The van der Waals surface area contributed by atoms with Crippen molar-refractivity contribution in [3.8, 4) is 0 Å². The summed E-state index contributed by atoms with van der Waals surface area (Å²) in [6.07, 6.45) is -0.0187. The van der Waals surface area contributed by atoms with Gasteiger partial charge < -0.3 is 10.4 Å². The van der Waals surface area contributed by atoms with Crippen LogP contribution in [-0.2, 0) is 9.59 Å². The molecule has 7 heteroatoms. The van der Waals surface area contributed by atoms with Gasteiger partial charge in [-0.2, -0.15) is 0 Å². The van der Waals surface area contributed by atoms with E-state index >= 15 is 0 Å². The summed E-state index contributed by atoms with van der Waals surface area (Å²) in [5.41, 5.74) is -0.295. The van der Waals surface area contributed by atoms with Crippen molar-refractivity contribution in [1.82, 2.24) is 10.2 Å². The van der Waals surface area contributed by atoms with Gasteiger partial charge in [0.1, 0.15) is 11.5 Å². The Morgan fingerprint density at radius 3 is 2.56 bits per heavy atom.